The number of aromatic nitrogens is 2. The van der Waals surface area contributed by atoms with Gasteiger partial charge in [0, 0.05) is 12.1 Å². The summed E-state index contributed by atoms with van der Waals surface area (Å²) in [5.74, 6) is 2.48. The van der Waals surface area contributed by atoms with E-state index in [2.05, 4.69) is 10.1 Å². The van der Waals surface area contributed by atoms with Gasteiger partial charge in [0.15, 0.2) is 18.1 Å². The Morgan fingerprint density at radius 3 is 2.55 bits per heavy atom. The fourth-order valence-corrected chi connectivity index (χ4v) is 3.06. The standard InChI is InChI=1S/C23H27N3O5/c1-6-26(22(27)14-30-18-9-7-8-15(2)16(18)3)13-21-24-23(25-31-21)17-10-11-19(28-4)20(12-17)29-5/h7-12H,6,13-14H2,1-5H3. The molecular formula is C23H27N3O5. The fourth-order valence-electron chi connectivity index (χ4n) is 3.06. The zero-order valence-electron chi connectivity index (χ0n) is 18.5. The van der Waals surface area contributed by atoms with Gasteiger partial charge in [-0.3, -0.25) is 4.79 Å². The van der Waals surface area contributed by atoms with Gasteiger partial charge in [0.25, 0.3) is 5.91 Å². The number of methoxy groups -OCH3 is 2. The van der Waals surface area contributed by atoms with Crippen molar-refractivity contribution in [2.24, 2.45) is 0 Å². The average molecular weight is 425 g/mol. The highest BCUT2D eigenvalue weighted by atomic mass is 16.5. The van der Waals surface area contributed by atoms with E-state index in [0.717, 1.165) is 16.7 Å². The van der Waals surface area contributed by atoms with Crippen LogP contribution in [0, 0.1) is 13.8 Å². The number of aryl methyl sites for hydroxylation is 1. The zero-order chi connectivity index (χ0) is 22.4. The Bertz CT molecular complexity index is 1050. The summed E-state index contributed by atoms with van der Waals surface area (Å²) in [5, 5.41) is 4.03. The van der Waals surface area contributed by atoms with Gasteiger partial charge in [-0.25, -0.2) is 0 Å². The van der Waals surface area contributed by atoms with E-state index in [4.69, 9.17) is 18.7 Å². The van der Waals surface area contributed by atoms with Crippen LogP contribution in [0.3, 0.4) is 0 Å². The summed E-state index contributed by atoms with van der Waals surface area (Å²) < 4.78 is 21.7. The van der Waals surface area contributed by atoms with E-state index < -0.39 is 0 Å². The lowest BCUT2D eigenvalue weighted by Crippen LogP contribution is -2.34. The van der Waals surface area contributed by atoms with Crippen molar-refractivity contribution in [2.75, 3.05) is 27.4 Å². The molecule has 0 saturated heterocycles. The summed E-state index contributed by atoms with van der Waals surface area (Å²) in [6.07, 6.45) is 0. The van der Waals surface area contributed by atoms with E-state index in [-0.39, 0.29) is 19.1 Å². The Hall–Kier alpha value is -3.55. The van der Waals surface area contributed by atoms with E-state index >= 15 is 0 Å². The molecule has 0 radical (unpaired) electrons. The van der Waals surface area contributed by atoms with Crippen molar-refractivity contribution in [2.45, 2.75) is 27.3 Å². The molecule has 0 N–H and O–H groups in total. The lowest BCUT2D eigenvalue weighted by molar-refractivity contribution is -0.134. The predicted octanol–water partition coefficient (Wildman–Crippen LogP) is 3.80. The van der Waals surface area contributed by atoms with Gasteiger partial charge >= 0.3 is 0 Å². The van der Waals surface area contributed by atoms with Crippen molar-refractivity contribution in [3.63, 3.8) is 0 Å². The number of likely N-dealkylation sites (N-methyl/N-ethyl adjacent to an activating group) is 1. The monoisotopic (exact) mass is 425 g/mol. The minimum atomic E-state index is -0.158. The molecule has 0 bridgehead atoms. The molecule has 0 saturated carbocycles. The molecule has 0 unspecified atom stereocenters. The highest BCUT2D eigenvalue weighted by Gasteiger charge is 2.18. The van der Waals surface area contributed by atoms with Crippen LogP contribution in [0.5, 0.6) is 17.2 Å². The number of hydrogen-bond acceptors (Lipinski definition) is 7. The second-order valence-corrected chi connectivity index (χ2v) is 6.98. The van der Waals surface area contributed by atoms with Crippen molar-refractivity contribution < 1.29 is 23.5 Å². The molecule has 1 aromatic heterocycles. The summed E-state index contributed by atoms with van der Waals surface area (Å²) in [4.78, 5) is 18.7. The summed E-state index contributed by atoms with van der Waals surface area (Å²) >= 11 is 0. The second-order valence-electron chi connectivity index (χ2n) is 6.98. The molecule has 0 fully saturated rings. The molecule has 31 heavy (non-hydrogen) atoms. The normalized spacial score (nSPS) is 10.6. The minimum absolute atomic E-state index is 0.0607. The molecule has 0 aliphatic carbocycles. The number of carbonyl (C=O) groups excluding carboxylic acids is 1. The minimum Gasteiger partial charge on any atom is -0.493 e. The molecule has 3 aromatic rings. The van der Waals surface area contributed by atoms with Crippen molar-refractivity contribution in [3.8, 4) is 28.6 Å². The lowest BCUT2D eigenvalue weighted by atomic mass is 10.1. The Morgan fingerprint density at radius 1 is 1.06 bits per heavy atom. The van der Waals surface area contributed by atoms with Gasteiger partial charge < -0.3 is 23.6 Å². The van der Waals surface area contributed by atoms with Crippen LogP contribution >= 0.6 is 0 Å². The van der Waals surface area contributed by atoms with Crippen molar-refractivity contribution >= 4 is 5.91 Å². The number of ether oxygens (including phenoxy) is 3. The molecule has 2 aromatic carbocycles. The van der Waals surface area contributed by atoms with Crippen LogP contribution in [-0.4, -0.2) is 48.3 Å². The van der Waals surface area contributed by atoms with Crippen LogP contribution in [0.15, 0.2) is 40.9 Å². The van der Waals surface area contributed by atoms with Crippen molar-refractivity contribution in [1.29, 1.82) is 0 Å². The summed E-state index contributed by atoms with van der Waals surface area (Å²) in [6, 6.07) is 11.1. The first-order valence-electron chi connectivity index (χ1n) is 9.98. The third-order valence-corrected chi connectivity index (χ3v) is 5.08. The van der Waals surface area contributed by atoms with Gasteiger partial charge in [0.2, 0.25) is 11.7 Å². The molecule has 3 rings (SSSR count). The Morgan fingerprint density at radius 2 is 1.84 bits per heavy atom. The summed E-state index contributed by atoms with van der Waals surface area (Å²) in [7, 11) is 3.14. The van der Waals surface area contributed by atoms with Crippen LogP contribution in [0.4, 0.5) is 0 Å². The SMILES string of the molecule is CCN(Cc1nc(-c2ccc(OC)c(OC)c2)no1)C(=O)COc1cccc(C)c1C. The highest BCUT2D eigenvalue weighted by Crippen LogP contribution is 2.31. The van der Waals surface area contributed by atoms with E-state index in [1.807, 2.05) is 45.0 Å². The topological polar surface area (TPSA) is 86.9 Å². The number of hydrogen-bond donors (Lipinski definition) is 0. The van der Waals surface area contributed by atoms with Crippen molar-refractivity contribution in [3.05, 3.63) is 53.4 Å². The largest absolute Gasteiger partial charge is 0.493 e. The fraction of sp³-hybridized carbons (Fsp3) is 0.348. The summed E-state index contributed by atoms with van der Waals surface area (Å²) in [6.45, 7) is 6.50. The van der Waals surface area contributed by atoms with Crippen LogP contribution in [0.25, 0.3) is 11.4 Å². The van der Waals surface area contributed by atoms with Gasteiger partial charge in [-0.15, -0.1) is 0 Å². The van der Waals surface area contributed by atoms with Crippen molar-refractivity contribution in [1.82, 2.24) is 15.0 Å². The Balaban J connectivity index is 1.66. The number of rotatable bonds is 9. The first-order valence-corrected chi connectivity index (χ1v) is 9.98. The Kier molecular flexibility index (Phi) is 7.12. The highest BCUT2D eigenvalue weighted by molar-refractivity contribution is 5.77. The zero-order valence-corrected chi connectivity index (χ0v) is 18.5. The Labute approximate surface area is 181 Å². The quantitative estimate of drug-likeness (QED) is 0.515. The molecule has 8 heteroatoms. The third kappa shape index (κ3) is 5.14. The number of nitrogens with zero attached hydrogens (tertiary/aromatic N) is 3. The molecule has 0 atom stereocenters. The van der Waals surface area contributed by atoms with Crippen LogP contribution < -0.4 is 14.2 Å². The maximum atomic E-state index is 12.7. The predicted molar refractivity (Wildman–Crippen MR) is 115 cm³/mol. The van der Waals surface area contributed by atoms with E-state index in [9.17, 15) is 4.79 Å². The second kappa shape index (κ2) is 9.97. The van der Waals surface area contributed by atoms with E-state index in [0.29, 0.717) is 35.5 Å². The average Bonchev–Trinajstić information content (AvgIpc) is 3.26. The van der Waals surface area contributed by atoms with Gasteiger partial charge in [-0.05, 0) is 56.2 Å². The summed E-state index contributed by atoms with van der Waals surface area (Å²) in [5.41, 5.74) is 2.86. The number of amides is 1. The molecule has 0 aliphatic heterocycles. The molecule has 164 valence electrons. The maximum Gasteiger partial charge on any atom is 0.260 e. The molecule has 8 nitrogen and oxygen atoms in total. The van der Waals surface area contributed by atoms with E-state index in [1.165, 1.54) is 0 Å². The van der Waals surface area contributed by atoms with E-state index in [1.54, 1.807) is 31.3 Å². The lowest BCUT2D eigenvalue weighted by Gasteiger charge is -2.19. The van der Waals surface area contributed by atoms with Gasteiger partial charge in [-0.1, -0.05) is 17.3 Å². The first-order chi connectivity index (χ1) is 15.0. The molecule has 1 heterocycles. The molecule has 0 spiro atoms. The molecular weight excluding hydrogens is 398 g/mol. The van der Waals surface area contributed by atoms with Gasteiger partial charge in [-0.2, -0.15) is 4.98 Å². The number of benzene rings is 2. The van der Waals surface area contributed by atoms with Crippen LogP contribution in [-0.2, 0) is 11.3 Å². The van der Waals surface area contributed by atoms with Crippen LogP contribution in [0.1, 0.15) is 23.9 Å². The van der Waals surface area contributed by atoms with Gasteiger partial charge in [0.1, 0.15) is 12.3 Å². The smallest absolute Gasteiger partial charge is 0.260 e. The van der Waals surface area contributed by atoms with Crippen LogP contribution in [0.2, 0.25) is 0 Å². The molecule has 0 aliphatic rings. The third-order valence-electron chi connectivity index (χ3n) is 5.08. The first kappa shape index (κ1) is 22.1. The molecule has 1 amide bonds. The van der Waals surface area contributed by atoms with Gasteiger partial charge in [0.05, 0.1) is 14.2 Å². The number of carbonyl (C=O) groups is 1. The maximum absolute atomic E-state index is 12.7.